The summed E-state index contributed by atoms with van der Waals surface area (Å²) in [6, 6.07) is 6.17. The molecule has 1 aromatic carbocycles. The SMILES string of the molecule is Cc1ccc2c(c1)[nH]c(=O)n2CC1CCCSC1. The van der Waals surface area contributed by atoms with Crippen LogP contribution in [-0.2, 0) is 6.54 Å². The third kappa shape index (κ3) is 2.21. The zero-order valence-electron chi connectivity index (χ0n) is 10.6. The molecule has 1 saturated heterocycles. The maximum atomic E-state index is 12.0. The van der Waals surface area contributed by atoms with Gasteiger partial charge in [0.1, 0.15) is 0 Å². The Morgan fingerprint density at radius 3 is 3.17 bits per heavy atom. The van der Waals surface area contributed by atoms with Crippen molar-refractivity contribution in [2.75, 3.05) is 11.5 Å². The Morgan fingerprint density at radius 2 is 2.39 bits per heavy atom. The van der Waals surface area contributed by atoms with Crippen LogP contribution in [0.5, 0.6) is 0 Å². The third-order valence-corrected chi connectivity index (χ3v) is 4.91. The number of nitrogens with zero attached hydrogens (tertiary/aromatic N) is 1. The number of hydrogen-bond donors (Lipinski definition) is 1. The lowest BCUT2D eigenvalue weighted by Gasteiger charge is -2.21. The van der Waals surface area contributed by atoms with Crippen molar-refractivity contribution in [1.82, 2.24) is 9.55 Å². The molecule has 1 aromatic heterocycles. The average Bonchev–Trinajstić information content (AvgIpc) is 2.66. The largest absolute Gasteiger partial charge is 0.326 e. The molecule has 96 valence electrons. The van der Waals surface area contributed by atoms with Crippen molar-refractivity contribution >= 4 is 22.8 Å². The Hall–Kier alpha value is -1.16. The number of fused-ring (bicyclic) bond motifs is 1. The lowest BCUT2D eigenvalue weighted by molar-refractivity contribution is 0.446. The molecule has 1 unspecified atom stereocenters. The molecule has 18 heavy (non-hydrogen) atoms. The first kappa shape index (κ1) is 11.9. The first-order valence-corrected chi connectivity index (χ1v) is 7.66. The monoisotopic (exact) mass is 262 g/mol. The molecule has 1 atom stereocenters. The highest BCUT2D eigenvalue weighted by atomic mass is 32.2. The molecule has 1 aliphatic heterocycles. The Morgan fingerprint density at radius 1 is 1.50 bits per heavy atom. The standard InChI is InChI=1S/C14H18N2OS/c1-10-4-5-13-12(7-10)15-14(17)16(13)8-11-3-2-6-18-9-11/h4-5,7,11H,2-3,6,8-9H2,1H3,(H,15,17). The molecular weight excluding hydrogens is 244 g/mol. The summed E-state index contributed by atoms with van der Waals surface area (Å²) >= 11 is 2.01. The molecule has 0 amide bonds. The lowest BCUT2D eigenvalue weighted by atomic mass is 10.1. The van der Waals surface area contributed by atoms with Gasteiger partial charge in [-0.1, -0.05) is 6.07 Å². The summed E-state index contributed by atoms with van der Waals surface area (Å²) in [5.74, 6) is 3.10. The fourth-order valence-corrected chi connectivity index (χ4v) is 3.81. The van der Waals surface area contributed by atoms with Crippen LogP contribution in [-0.4, -0.2) is 21.1 Å². The van der Waals surface area contributed by atoms with E-state index in [0.717, 1.165) is 17.6 Å². The van der Waals surface area contributed by atoms with Gasteiger partial charge in [0.2, 0.25) is 0 Å². The highest BCUT2D eigenvalue weighted by molar-refractivity contribution is 7.99. The van der Waals surface area contributed by atoms with Crippen molar-refractivity contribution in [3.05, 3.63) is 34.2 Å². The number of aryl methyl sites for hydroxylation is 1. The second kappa shape index (κ2) is 4.84. The molecule has 0 saturated carbocycles. The normalized spacial score (nSPS) is 20.4. The smallest absolute Gasteiger partial charge is 0.306 e. The topological polar surface area (TPSA) is 37.8 Å². The summed E-state index contributed by atoms with van der Waals surface area (Å²) in [6.45, 7) is 2.90. The van der Waals surface area contributed by atoms with E-state index in [9.17, 15) is 4.79 Å². The van der Waals surface area contributed by atoms with Gasteiger partial charge in [-0.3, -0.25) is 4.57 Å². The second-order valence-electron chi connectivity index (χ2n) is 5.14. The maximum Gasteiger partial charge on any atom is 0.326 e. The molecule has 0 radical (unpaired) electrons. The average molecular weight is 262 g/mol. The molecule has 2 aromatic rings. The van der Waals surface area contributed by atoms with E-state index >= 15 is 0 Å². The van der Waals surface area contributed by atoms with E-state index in [0.29, 0.717) is 5.92 Å². The molecule has 3 nitrogen and oxygen atoms in total. The van der Waals surface area contributed by atoms with E-state index in [1.165, 1.54) is 29.9 Å². The van der Waals surface area contributed by atoms with Crippen LogP contribution in [0, 0.1) is 12.8 Å². The predicted octanol–water partition coefficient (Wildman–Crippen LogP) is 2.78. The number of benzene rings is 1. The number of rotatable bonds is 2. The second-order valence-corrected chi connectivity index (χ2v) is 6.29. The van der Waals surface area contributed by atoms with Crippen molar-refractivity contribution < 1.29 is 0 Å². The minimum atomic E-state index is 0.0335. The number of aromatic nitrogens is 2. The summed E-state index contributed by atoms with van der Waals surface area (Å²) in [5.41, 5.74) is 3.22. The van der Waals surface area contributed by atoms with Crippen LogP contribution >= 0.6 is 11.8 Å². The van der Waals surface area contributed by atoms with E-state index in [2.05, 4.69) is 17.1 Å². The molecule has 3 rings (SSSR count). The summed E-state index contributed by atoms with van der Waals surface area (Å²) < 4.78 is 1.91. The van der Waals surface area contributed by atoms with E-state index < -0.39 is 0 Å². The minimum Gasteiger partial charge on any atom is -0.306 e. The Balaban J connectivity index is 1.95. The van der Waals surface area contributed by atoms with Gasteiger partial charge in [0.05, 0.1) is 11.0 Å². The molecule has 0 bridgehead atoms. The predicted molar refractivity (Wildman–Crippen MR) is 77.3 cm³/mol. The van der Waals surface area contributed by atoms with Crippen LogP contribution < -0.4 is 5.69 Å². The summed E-state index contributed by atoms with van der Waals surface area (Å²) in [5, 5.41) is 0. The van der Waals surface area contributed by atoms with Crippen molar-refractivity contribution in [2.24, 2.45) is 5.92 Å². The van der Waals surface area contributed by atoms with Gasteiger partial charge < -0.3 is 4.98 Å². The van der Waals surface area contributed by atoms with E-state index in [1.54, 1.807) is 0 Å². The van der Waals surface area contributed by atoms with Crippen molar-refractivity contribution in [3.8, 4) is 0 Å². The number of imidazole rings is 1. The van der Waals surface area contributed by atoms with Crippen LogP contribution in [0.15, 0.2) is 23.0 Å². The number of H-pyrrole nitrogens is 1. The number of nitrogens with one attached hydrogen (secondary N) is 1. The van der Waals surface area contributed by atoms with Gasteiger partial charge in [0, 0.05) is 6.54 Å². The van der Waals surface area contributed by atoms with E-state index in [1.807, 2.05) is 29.3 Å². The zero-order chi connectivity index (χ0) is 12.5. The number of aromatic amines is 1. The summed E-state index contributed by atoms with van der Waals surface area (Å²) in [7, 11) is 0. The molecule has 1 fully saturated rings. The molecule has 0 aliphatic carbocycles. The molecule has 0 spiro atoms. The molecule has 1 aliphatic rings. The summed E-state index contributed by atoms with van der Waals surface area (Å²) in [4.78, 5) is 15.0. The van der Waals surface area contributed by atoms with Crippen LogP contribution in [0.2, 0.25) is 0 Å². The quantitative estimate of drug-likeness (QED) is 0.903. The lowest BCUT2D eigenvalue weighted by Crippen LogP contribution is -2.24. The van der Waals surface area contributed by atoms with Gasteiger partial charge in [-0.15, -0.1) is 0 Å². The zero-order valence-corrected chi connectivity index (χ0v) is 11.4. The summed E-state index contributed by atoms with van der Waals surface area (Å²) in [6.07, 6.45) is 2.53. The van der Waals surface area contributed by atoms with Crippen molar-refractivity contribution in [2.45, 2.75) is 26.3 Å². The Labute approximate surface area is 111 Å². The number of hydrogen-bond acceptors (Lipinski definition) is 2. The molecule has 4 heteroatoms. The first-order valence-electron chi connectivity index (χ1n) is 6.51. The number of thioether (sulfide) groups is 1. The minimum absolute atomic E-state index is 0.0335. The van der Waals surface area contributed by atoms with Crippen LogP contribution in [0.25, 0.3) is 11.0 Å². The highest BCUT2D eigenvalue weighted by Gasteiger charge is 2.16. The Kier molecular flexibility index (Phi) is 3.20. The van der Waals surface area contributed by atoms with Gasteiger partial charge in [-0.2, -0.15) is 11.8 Å². The van der Waals surface area contributed by atoms with Crippen LogP contribution in [0.4, 0.5) is 0 Å². The fourth-order valence-electron chi connectivity index (χ4n) is 2.67. The fraction of sp³-hybridized carbons (Fsp3) is 0.500. The molecule has 2 heterocycles. The van der Waals surface area contributed by atoms with Gasteiger partial charge in [0.15, 0.2) is 0 Å². The molecular formula is C14H18N2OS. The van der Waals surface area contributed by atoms with Gasteiger partial charge in [-0.05, 0) is 54.9 Å². The van der Waals surface area contributed by atoms with Crippen LogP contribution in [0.3, 0.4) is 0 Å². The maximum absolute atomic E-state index is 12.0. The van der Waals surface area contributed by atoms with Crippen LogP contribution in [0.1, 0.15) is 18.4 Å². The Bertz CT molecular complexity index is 608. The van der Waals surface area contributed by atoms with Gasteiger partial charge in [0.25, 0.3) is 0 Å². The van der Waals surface area contributed by atoms with E-state index in [-0.39, 0.29) is 5.69 Å². The third-order valence-electron chi connectivity index (χ3n) is 3.62. The molecule has 1 N–H and O–H groups in total. The van der Waals surface area contributed by atoms with E-state index in [4.69, 9.17) is 0 Å². The van der Waals surface area contributed by atoms with Gasteiger partial charge in [-0.25, -0.2) is 4.79 Å². The van der Waals surface area contributed by atoms with Crippen molar-refractivity contribution in [3.63, 3.8) is 0 Å². The highest BCUT2D eigenvalue weighted by Crippen LogP contribution is 2.24. The van der Waals surface area contributed by atoms with Gasteiger partial charge >= 0.3 is 5.69 Å². The first-order chi connectivity index (χ1) is 8.74. The van der Waals surface area contributed by atoms with Crippen molar-refractivity contribution in [1.29, 1.82) is 0 Å².